The largest absolute Gasteiger partial charge is 0.351 e. The fourth-order valence-corrected chi connectivity index (χ4v) is 4.08. The monoisotopic (exact) mass is 396 g/mol. The molecule has 1 saturated heterocycles. The minimum atomic E-state index is -3.18. The number of aromatic nitrogens is 4. The number of sulfonamides is 1. The quantitative estimate of drug-likeness (QED) is 0.695. The molecule has 11 heteroatoms. The molecule has 2 aromatic heterocycles. The van der Waals surface area contributed by atoms with Crippen LogP contribution in [0.3, 0.4) is 0 Å². The summed E-state index contributed by atoms with van der Waals surface area (Å²) in [7, 11) is -3.18. The lowest BCUT2D eigenvalue weighted by atomic mass is 10.1. The zero-order valence-electron chi connectivity index (χ0n) is 15.6. The van der Waals surface area contributed by atoms with Crippen molar-refractivity contribution < 1.29 is 8.42 Å². The van der Waals surface area contributed by atoms with Crippen LogP contribution in [0.1, 0.15) is 39.2 Å². The SMILES string of the molecule is CCC(C)n1c(=O)c(=O)[nH]c2cnc(NC3CCN(S(C)(=O)=O)CC3)nc21. The van der Waals surface area contributed by atoms with Crippen molar-refractivity contribution in [3.8, 4) is 0 Å². The van der Waals surface area contributed by atoms with E-state index in [0.717, 1.165) is 0 Å². The summed E-state index contributed by atoms with van der Waals surface area (Å²) in [6.45, 7) is 4.67. The smallest absolute Gasteiger partial charge is 0.318 e. The Morgan fingerprint density at radius 3 is 2.59 bits per heavy atom. The molecule has 1 fully saturated rings. The molecule has 1 aliphatic rings. The fraction of sp³-hybridized carbons (Fsp3) is 0.625. The number of rotatable bonds is 5. The van der Waals surface area contributed by atoms with E-state index in [0.29, 0.717) is 49.5 Å². The topological polar surface area (TPSA) is 130 Å². The van der Waals surface area contributed by atoms with Gasteiger partial charge in [0.15, 0.2) is 5.65 Å². The third-order valence-electron chi connectivity index (χ3n) is 4.95. The van der Waals surface area contributed by atoms with Gasteiger partial charge < -0.3 is 10.3 Å². The maximum Gasteiger partial charge on any atom is 0.318 e. The van der Waals surface area contributed by atoms with Crippen LogP contribution in [-0.2, 0) is 10.0 Å². The van der Waals surface area contributed by atoms with E-state index >= 15 is 0 Å². The molecule has 3 rings (SSSR count). The van der Waals surface area contributed by atoms with Crippen LogP contribution in [0.4, 0.5) is 5.95 Å². The van der Waals surface area contributed by atoms with Gasteiger partial charge in [-0.15, -0.1) is 0 Å². The second-order valence-corrected chi connectivity index (χ2v) is 8.88. The predicted octanol–water partition coefficient (Wildman–Crippen LogP) is 0.287. The Morgan fingerprint density at radius 1 is 1.33 bits per heavy atom. The number of fused-ring (bicyclic) bond motifs is 1. The van der Waals surface area contributed by atoms with Gasteiger partial charge in [-0.2, -0.15) is 4.98 Å². The van der Waals surface area contributed by atoms with Crippen LogP contribution < -0.4 is 16.4 Å². The normalized spacial score (nSPS) is 17.9. The maximum atomic E-state index is 12.3. The first-order valence-corrected chi connectivity index (χ1v) is 10.8. The molecule has 0 aliphatic carbocycles. The highest BCUT2D eigenvalue weighted by Crippen LogP contribution is 2.18. The molecule has 2 aromatic rings. The summed E-state index contributed by atoms with van der Waals surface area (Å²) in [5, 5.41) is 3.21. The van der Waals surface area contributed by atoms with E-state index in [1.54, 1.807) is 0 Å². The molecule has 148 valence electrons. The summed E-state index contributed by atoms with van der Waals surface area (Å²) < 4.78 is 26.1. The zero-order valence-corrected chi connectivity index (χ0v) is 16.4. The first-order chi connectivity index (χ1) is 12.7. The van der Waals surface area contributed by atoms with E-state index in [1.165, 1.54) is 21.3 Å². The molecule has 1 unspecified atom stereocenters. The molecule has 1 aliphatic heterocycles. The van der Waals surface area contributed by atoms with Crippen molar-refractivity contribution in [2.24, 2.45) is 0 Å². The van der Waals surface area contributed by atoms with Crippen LogP contribution >= 0.6 is 0 Å². The minimum Gasteiger partial charge on any atom is -0.351 e. The first-order valence-electron chi connectivity index (χ1n) is 8.94. The average Bonchev–Trinajstić information content (AvgIpc) is 2.62. The second kappa shape index (κ2) is 7.39. The van der Waals surface area contributed by atoms with E-state index in [2.05, 4.69) is 20.3 Å². The van der Waals surface area contributed by atoms with Gasteiger partial charge in [-0.05, 0) is 26.2 Å². The molecule has 0 spiro atoms. The lowest BCUT2D eigenvalue weighted by Crippen LogP contribution is -2.42. The summed E-state index contributed by atoms with van der Waals surface area (Å²) >= 11 is 0. The Labute approximate surface area is 156 Å². The molecule has 1 atom stereocenters. The highest BCUT2D eigenvalue weighted by atomic mass is 32.2. The van der Waals surface area contributed by atoms with Gasteiger partial charge in [0.05, 0.1) is 12.5 Å². The Morgan fingerprint density at radius 2 is 2.00 bits per heavy atom. The van der Waals surface area contributed by atoms with Gasteiger partial charge in [0, 0.05) is 25.2 Å². The van der Waals surface area contributed by atoms with Crippen molar-refractivity contribution in [3.05, 3.63) is 26.9 Å². The molecule has 0 bridgehead atoms. The Hall–Kier alpha value is -2.27. The van der Waals surface area contributed by atoms with Crippen molar-refractivity contribution >= 4 is 27.1 Å². The standard InChI is InChI=1S/C16H24N6O4S/c1-4-10(2)22-13-12(19-14(23)15(22)24)9-17-16(20-13)18-11-5-7-21(8-6-11)27(3,25)26/h9-11H,4-8H2,1-3H3,(H,19,23)(H,17,18,20). The number of hydrogen-bond acceptors (Lipinski definition) is 7. The van der Waals surface area contributed by atoms with E-state index in [9.17, 15) is 18.0 Å². The molecule has 0 aromatic carbocycles. The van der Waals surface area contributed by atoms with Crippen LogP contribution in [0.5, 0.6) is 0 Å². The average molecular weight is 396 g/mol. The summed E-state index contributed by atoms with van der Waals surface area (Å²) in [5.74, 6) is 0.351. The Balaban J connectivity index is 1.88. The van der Waals surface area contributed by atoms with Crippen LogP contribution in [-0.4, -0.2) is 57.6 Å². The molecular formula is C16H24N6O4S. The molecule has 3 heterocycles. The van der Waals surface area contributed by atoms with Gasteiger partial charge in [0.2, 0.25) is 16.0 Å². The summed E-state index contributed by atoms with van der Waals surface area (Å²) in [6, 6.07) is -0.143. The highest BCUT2D eigenvalue weighted by molar-refractivity contribution is 7.88. The van der Waals surface area contributed by atoms with Gasteiger partial charge >= 0.3 is 11.1 Å². The molecule has 0 saturated carbocycles. The number of aromatic amines is 1. The predicted molar refractivity (Wildman–Crippen MR) is 102 cm³/mol. The summed E-state index contributed by atoms with van der Waals surface area (Å²) in [5.41, 5.74) is -0.555. The van der Waals surface area contributed by atoms with Gasteiger partial charge in [0.1, 0.15) is 5.52 Å². The maximum absolute atomic E-state index is 12.3. The number of anilines is 1. The molecular weight excluding hydrogens is 372 g/mol. The van der Waals surface area contributed by atoms with E-state index < -0.39 is 21.1 Å². The van der Waals surface area contributed by atoms with Crippen LogP contribution in [0.2, 0.25) is 0 Å². The third kappa shape index (κ3) is 4.03. The van der Waals surface area contributed by atoms with E-state index in [-0.39, 0.29) is 12.1 Å². The van der Waals surface area contributed by atoms with Crippen LogP contribution in [0.15, 0.2) is 15.8 Å². The van der Waals surface area contributed by atoms with E-state index in [1.807, 2.05) is 13.8 Å². The highest BCUT2D eigenvalue weighted by Gasteiger charge is 2.25. The Kier molecular flexibility index (Phi) is 5.33. The Bertz CT molecular complexity index is 1050. The number of hydrogen-bond donors (Lipinski definition) is 2. The first kappa shape index (κ1) is 19.5. The van der Waals surface area contributed by atoms with Gasteiger partial charge in [-0.1, -0.05) is 6.92 Å². The molecule has 0 radical (unpaired) electrons. The lowest BCUT2D eigenvalue weighted by molar-refractivity contribution is 0.331. The van der Waals surface area contributed by atoms with Crippen molar-refractivity contribution in [2.75, 3.05) is 24.7 Å². The fourth-order valence-electron chi connectivity index (χ4n) is 3.20. The molecule has 2 N–H and O–H groups in total. The minimum absolute atomic E-state index is 0.0342. The van der Waals surface area contributed by atoms with Gasteiger partial charge in [-0.3, -0.25) is 14.2 Å². The van der Waals surface area contributed by atoms with Crippen molar-refractivity contribution in [2.45, 2.75) is 45.2 Å². The zero-order chi connectivity index (χ0) is 19.8. The number of nitrogens with one attached hydrogen (secondary N) is 2. The lowest BCUT2D eigenvalue weighted by Gasteiger charge is -2.30. The third-order valence-corrected chi connectivity index (χ3v) is 6.25. The molecule has 27 heavy (non-hydrogen) atoms. The second-order valence-electron chi connectivity index (χ2n) is 6.90. The molecule has 0 amide bonds. The van der Waals surface area contributed by atoms with Gasteiger partial charge in [-0.25, -0.2) is 17.7 Å². The van der Waals surface area contributed by atoms with Crippen molar-refractivity contribution in [1.82, 2.24) is 23.8 Å². The van der Waals surface area contributed by atoms with Crippen molar-refractivity contribution in [3.63, 3.8) is 0 Å². The number of H-pyrrole nitrogens is 1. The van der Waals surface area contributed by atoms with Crippen LogP contribution in [0.25, 0.3) is 11.2 Å². The van der Waals surface area contributed by atoms with Gasteiger partial charge in [0.25, 0.3) is 0 Å². The van der Waals surface area contributed by atoms with Crippen LogP contribution in [0, 0.1) is 0 Å². The van der Waals surface area contributed by atoms with Crippen molar-refractivity contribution in [1.29, 1.82) is 0 Å². The number of piperidine rings is 1. The number of nitrogens with zero attached hydrogens (tertiary/aromatic N) is 4. The summed E-state index contributed by atoms with van der Waals surface area (Å²) in [6.07, 6.45) is 4.64. The van der Waals surface area contributed by atoms with E-state index in [4.69, 9.17) is 0 Å². The summed E-state index contributed by atoms with van der Waals surface area (Å²) in [4.78, 5) is 35.4. The molecule has 10 nitrogen and oxygen atoms in total.